The van der Waals surface area contributed by atoms with Gasteiger partial charge in [0.25, 0.3) is 0 Å². The maximum atomic E-state index is 12.7. The third-order valence-corrected chi connectivity index (χ3v) is 4.76. The highest BCUT2D eigenvalue weighted by molar-refractivity contribution is 7.99. The molecule has 1 aromatic rings. The highest BCUT2D eigenvalue weighted by Crippen LogP contribution is 2.34. The zero-order valence-electron chi connectivity index (χ0n) is 11.0. The molecular formula is C14H18N2O2S. The molecule has 0 saturated carbocycles. The molecule has 4 nitrogen and oxygen atoms in total. The highest BCUT2D eigenvalue weighted by Gasteiger charge is 2.34. The molecule has 3 rings (SSSR count). The number of anilines is 1. The van der Waals surface area contributed by atoms with E-state index in [9.17, 15) is 4.79 Å². The van der Waals surface area contributed by atoms with Crippen molar-refractivity contribution in [2.45, 2.75) is 30.9 Å². The van der Waals surface area contributed by atoms with Crippen molar-refractivity contribution in [1.29, 1.82) is 0 Å². The van der Waals surface area contributed by atoms with Gasteiger partial charge in [-0.25, -0.2) is 4.98 Å². The van der Waals surface area contributed by atoms with Crippen LogP contribution in [0.5, 0.6) is 0 Å². The number of thioether (sulfide) groups is 1. The first-order valence-electron chi connectivity index (χ1n) is 6.78. The third kappa shape index (κ3) is 2.49. The molecule has 19 heavy (non-hydrogen) atoms. The van der Waals surface area contributed by atoms with Gasteiger partial charge in [0.1, 0.15) is 5.03 Å². The predicted molar refractivity (Wildman–Crippen MR) is 75.5 cm³/mol. The number of amides is 1. The fourth-order valence-electron chi connectivity index (χ4n) is 2.73. The van der Waals surface area contributed by atoms with Crippen LogP contribution in [0.4, 0.5) is 5.69 Å². The van der Waals surface area contributed by atoms with E-state index in [1.807, 2.05) is 24.0 Å². The number of pyridine rings is 1. The van der Waals surface area contributed by atoms with E-state index >= 15 is 0 Å². The fraction of sp³-hybridized carbons (Fsp3) is 0.571. The van der Waals surface area contributed by atoms with Crippen molar-refractivity contribution in [2.75, 3.05) is 23.8 Å². The Hall–Kier alpha value is -1.07. The van der Waals surface area contributed by atoms with Crippen LogP contribution in [0, 0.1) is 5.92 Å². The Labute approximate surface area is 117 Å². The maximum absolute atomic E-state index is 12.7. The Morgan fingerprint density at radius 1 is 1.58 bits per heavy atom. The van der Waals surface area contributed by atoms with E-state index in [1.165, 1.54) is 0 Å². The number of aromatic nitrogens is 1. The lowest BCUT2D eigenvalue weighted by Gasteiger charge is -2.35. The summed E-state index contributed by atoms with van der Waals surface area (Å²) in [6.45, 7) is 3.55. The number of hydrogen-bond donors (Lipinski definition) is 0. The van der Waals surface area contributed by atoms with Gasteiger partial charge >= 0.3 is 0 Å². The standard InChI is InChI=1S/C14H18N2O2S/c1-10-11(4-3-8-18-10)14(17)16-7-9-19-13-12(16)5-2-6-15-13/h2,5-6,10-11H,3-4,7-9H2,1H3. The van der Waals surface area contributed by atoms with Gasteiger partial charge in [0, 0.05) is 25.1 Å². The Morgan fingerprint density at radius 2 is 2.47 bits per heavy atom. The van der Waals surface area contributed by atoms with Crippen LogP contribution in [0.15, 0.2) is 23.4 Å². The summed E-state index contributed by atoms with van der Waals surface area (Å²) in [5.41, 5.74) is 0.960. The minimum atomic E-state index is -0.00935. The number of rotatable bonds is 1. The van der Waals surface area contributed by atoms with Crippen molar-refractivity contribution in [3.63, 3.8) is 0 Å². The molecular weight excluding hydrogens is 260 g/mol. The largest absolute Gasteiger partial charge is 0.378 e. The van der Waals surface area contributed by atoms with Crippen LogP contribution in [-0.4, -0.2) is 35.9 Å². The zero-order chi connectivity index (χ0) is 13.2. The summed E-state index contributed by atoms with van der Waals surface area (Å²) in [5, 5.41) is 0.964. The lowest BCUT2D eigenvalue weighted by molar-refractivity contribution is -0.130. The number of fused-ring (bicyclic) bond motifs is 1. The monoisotopic (exact) mass is 278 g/mol. The quantitative estimate of drug-likeness (QED) is 0.791. The van der Waals surface area contributed by atoms with Crippen LogP contribution in [0.1, 0.15) is 19.8 Å². The van der Waals surface area contributed by atoms with Gasteiger partial charge in [-0.1, -0.05) is 0 Å². The van der Waals surface area contributed by atoms with E-state index in [0.717, 1.165) is 42.5 Å². The predicted octanol–water partition coefficient (Wildman–Crippen LogP) is 2.34. The van der Waals surface area contributed by atoms with E-state index < -0.39 is 0 Å². The molecule has 102 valence electrons. The van der Waals surface area contributed by atoms with Crippen LogP contribution in [-0.2, 0) is 9.53 Å². The van der Waals surface area contributed by atoms with Gasteiger partial charge < -0.3 is 9.64 Å². The second-order valence-electron chi connectivity index (χ2n) is 4.99. The number of carbonyl (C=O) groups excluding carboxylic acids is 1. The van der Waals surface area contributed by atoms with Crippen molar-refractivity contribution in [3.8, 4) is 0 Å². The second kappa shape index (κ2) is 5.51. The lowest BCUT2D eigenvalue weighted by atomic mass is 9.93. The SMILES string of the molecule is CC1OCCCC1C(=O)N1CCSc2ncccc21. The molecule has 0 radical (unpaired) electrons. The first-order valence-corrected chi connectivity index (χ1v) is 7.77. The van der Waals surface area contributed by atoms with Gasteiger partial charge in [-0.3, -0.25) is 4.79 Å². The lowest BCUT2D eigenvalue weighted by Crippen LogP contribution is -2.45. The highest BCUT2D eigenvalue weighted by atomic mass is 32.2. The molecule has 2 aliphatic rings. The van der Waals surface area contributed by atoms with Crippen LogP contribution < -0.4 is 4.90 Å². The minimum Gasteiger partial charge on any atom is -0.378 e. The second-order valence-corrected chi connectivity index (χ2v) is 6.07. The first-order chi connectivity index (χ1) is 9.27. The molecule has 2 atom stereocenters. The molecule has 0 N–H and O–H groups in total. The van der Waals surface area contributed by atoms with Crippen molar-refractivity contribution < 1.29 is 9.53 Å². The molecule has 0 aliphatic carbocycles. The normalized spacial score (nSPS) is 26.9. The average Bonchev–Trinajstić information content (AvgIpc) is 2.46. The topological polar surface area (TPSA) is 42.4 Å². The van der Waals surface area contributed by atoms with Crippen LogP contribution >= 0.6 is 11.8 Å². The minimum absolute atomic E-state index is 0.00935. The zero-order valence-corrected chi connectivity index (χ0v) is 11.9. The summed E-state index contributed by atoms with van der Waals surface area (Å²) in [4.78, 5) is 19.0. The Bertz CT molecular complexity index is 480. The summed E-state index contributed by atoms with van der Waals surface area (Å²) in [7, 11) is 0. The van der Waals surface area contributed by atoms with Gasteiger partial charge in [-0.15, -0.1) is 11.8 Å². The first kappa shape index (κ1) is 12.9. The van der Waals surface area contributed by atoms with Crippen LogP contribution in [0.3, 0.4) is 0 Å². The summed E-state index contributed by atoms with van der Waals surface area (Å²) in [6.07, 6.45) is 3.71. The van der Waals surface area contributed by atoms with Gasteiger partial charge in [-0.05, 0) is 31.9 Å². The Balaban J connectivity index is 1.84. The molecule has 1 amide bonds. The van der Waals surface area contributed by atoms with E-state index in [2.05, 4.69) is 4.98 Å². The van der Waals surface area contributed by atoms with E-state index in [-0.39, 0.29) is 17.9 Å². The van der Waals surface area contributed by atoms with Crippen LogP contribution in [0.2, 0.25) is 0 Å². The molecule has 2 unspecified atom stereocenters. The van der Waals surface area contributed by atoms with E-state index in [1.54, 1.807) is 18.0 Å². The maximum Gasteiger partial charge on any atom is 0.232 e. The van der Waals surface area contributed by atoms with E-state index in [0.29, 0.717) is 0 Å². The number of ether oxygens (including phenoxy) is 1. The molecule has 1 fully saturated rings. The van der Waals surface area contributed by atoms with Crippen LogP contribution in [0.25, 0.3) is 0 Å². The third-order valence-electron chi connectivity index (χ3n) is 3.79. The van der Waals surface area contributed by atoms with Crippen molar-refractivity contribution in [3.05, 3.63) is 18.3 Å². The Morgan fingerprint density at radius 3 is 3.32 bits per heavy atom. The summed E-state index contributed by atoms with van der Waals surface area (Å²) in [6, 6.07) is 3.88. The van der Waals surface area contributed by atoms with E-state index in [4.69, 9.17) is 4.74 Å². The van der Waals surface area contributed by atoms with Crippen molar-refractivity contribution >= 4 is 23.4 Å². The van der Waals surface area contributed by atoms with Gasteiger partial charge in [-0.2, -0.15) is 0 Å². The molecule has 0 spiro atoms. The van der Waals surface area contributed by atoms with Crippen molar-refractivity contribution in [1.82, 2.24) is 4.98 Å². The number of hydrogen-bond acceptors (Lipinski definition) is 4. The Kier molecular flexibility index (Phi) is 3.75. The fourth-order valence-corrected chi connectivity index (χ4v) is 3.66. The van der Waals surface area contributed by atoms with Gasteiger partial charge in [0.15, 0.2) is 0 Å². The molecule has 5 heteroatoms. The van der Waals surface area contributed by atoms with Gasteiger partial charge in [0.05, 0.1) is 17.7 Å². The number of nitrogens with zero attached hydrogens (tertiary/aromatic N) is 2. The molecule has 3 heterocycles. The summed E-state index contributed by atoms with van der Waals surface area (Å²) < 4.78 is 5.62. The summed E-state index contributed by atoms with van der Waals surface area (Å²) >= 11 is 1.72. The van der Waals surface area contributed by atoms with Gasteiger partial charge in [0.2, 0.25) is 5.91 Å². The average molecular weight is 278 g/mol. The summed E-state index contributed by atoms with van der Waals surface area (Å²) in [5.74, 6) is 1.10. The molecule has 1 aromatic heterocycles. The molecule has 2 aliphatic heterocycles. The number of carbonyl (C=O) groups is 1. The van der Waals surface area contributed by atoms with Crippen molar-refractivity contribution in [2.24, 2.45) is 5.92 Å². The molecule has 1 saturated heterocycles. The smallest absolute Gasteiger partial charge is 0.232 e. The molecule has 0 aromatic carbocycles. The molecule has 0 bridgehead atoms.